The molecule has 0 saturated carbocycles. The summed E-state index contributed by atoms with van der Waals surface area (Å²) in [6.07, 6.45) is 0. The summed E-state index contributed by atoms with van der Waals surface area (Å²) in [7, 11) is 0. The van der Waals surface area contributed by atoms with Crippen LogP contribution in [-0.2, 0) is 0 Å². The predicted molar refractivity (Wildman–Crippen MR) is 76.0 cm³/mol. The lowest BCUT2D eigenvalue weighted by molar-refractivity contribution is 0.0882. The van der Waals surface area contributed by atoms with E-state index < -0.39 is 5.54 Å². The van der Waals surface area contributed by atoms with Gasteiger partial charge in [-0.1, -0.05) is 25.4 Å². The van der Waals surface area contributed by atoms with Crippen LogP contribution in [0.3, 0.4) is 0 Å². The number of carbonyl (C=O) groups is 1. The zero-order valence-corrected chi connectivity index (χ0v) is 12.1. The predicted octanol–water partition coefficient (Wildman–Crippen LogP) is 2.75. The van der Waals surface area contributed by atoms with Crippen molar-refractivity contribution in [3.63, 3.8) is 0 Å². The average Bonchev–Trinajstić information content (AvgIpc) is 2.28. The van der Waals surface area contributed by atoms with Crippen molar-refractivity contribution in [3.05, 3.63) is 34.3 Å². The van der Waals surface area contributed by atoms with Crippen molar-refractivity contribution in [2.75, 3.05) is 6.54 Å². The molecule has 0 spiro atoms. The maximum atomic E-state index is 12.2. The second kappa shape index (κ2) is 5.72. The second-order valence-corrected chi connectivity index (χ2v) is 5.63. The molecule has 18 heavy (non-hydrogen) atoms. The Kier molecular flexibility index (Phi) is 4.77. The largest absolute Gasteiger partial charge is 0.345 e. The summed E-state index contributed by atoms with van der Waals surface area (Å²) in [5.74, 6) is 0.157. The summed E-state index contributed by atoms with van der Waals surface area (Å²) < 4.78 is 0. The molecule has 1 rings (SSSR count). The van der Waals surface area contributed by atoms with Crippen LogP contribution in [0.2, 0.25) is 5.02 Å². The molecular weight excluding hydrogens is 248 g/mol. The maximum absolute atomic E-state index is 12.2. The first-order valence-corrected chi connectivity index (χ1v) is 6.46. The van der Waals surface area contributed by atoms with E-state index in [0.717, 1.165) is 5.56 Å². The van der Waals surface area contributed by atoms with Gasteiger partial charge in [0.2, 0.25) is 0 Å². The quantitative estimate of drug-likeness (QED) is 0.882. The van der Waals surface area contributed by atoms with E-state index in [4.69, 9.17) is 17.3 Å². The summed E-state index contributed by atoms with van der Waals surface area (Å²) in [4.78, 5) is 12.2. The van der Waals surface area contributed by atoms with Gasteiger partial charge in [-0.25, -0.2) is 0 Å². The van der Waals surface area contributed by atoms with Crippen LogP contribution in [0, 0.1) is 12.8 Å². The number of rotatable bonds is 4. The molecule has 0 aliphatic rings. The van der Waals surface area contributed by atoms with Crippen molar-refractivity contribution in [1.29, 1.82) is 0 Å². The third-order valence-corrected chi connectivity index (χ3v) is 3.77. The third-order valence-electron chi connectivity index (χ3n) is 3.53. The van der Waals surface area contributed by atoms with Gasteiger partial charge >= 0.3 is 0 Å². The zero-order chi connectivity index (χ0) is 13.9. The van der Waals surface area contributed by atoms with Gasteiger partial charge in [-0.05, 0) is 43.5 Å². The number of amides is 1. The fourth-order valence-corrected chi connectivity index (χ4v) is 1.87. The minimum absolute atomic E-state index is 0.106. The summed E-state index contributed by atoms with van der Waals surface area (Å²) in [6, 6.07) is 5.24. The standard InChI is InChI=1S/C14H21ClN2O/c1-9(2)14(4,8-16)17-13(18)12-6-5-11(15)7-10(12)3/h5-7,9H,8,16H2,1-4H3,(H,17,18). The van der Waals surface area contributed by atoms with E-state index in [9.17, 15) is 4.79 Å². The normalized spacial score (nSPS) is 14.4. The van der Waals surface area contributed by atoms with E-state index in [1.54, 1.807) is 18.2 Å². The Balaban J connectivity index is 2.95. The summed E-state index contributed by atoms with van der Waals surface area (Å²) in [6.45, 7) is 8.32. The lowest BCUT2D eigenvalue weighted by Crippen LogP contribution is -2.55. The lowest BCUT2D eigenvalue weighted by atomic mass is 9.88. The highest BCUT2D eigenvalue weighted by atomic mass is 35.5. The Morgan fingerprint density at radius 1 is 1.50 bits per heavy atom. The Morgan fingerprint density at radius 3 is 2.56 bits per heavy atom. The minimum Gasteiger partial charge on any atom is -0.345 e. The molecule has 0 bridgehead atoms. The summed E-state index contributed by atoms with van der Waals surface area (Å²) in [5, 5.41) is 3.65. The molecule has 0 aliphatic heterocycles. The van der Waals surface area contributed by atoms with Gasteiger partial charge in [0.1, 0.15) is 0 Å². The van der Waals surface area contributed by atoms with Gasteiger partial charge < -0.3 is 11.1 Å². The first kappa shape index (κ1) is 15.0. The molecule has 1 amide bonds. The first-order chi connectivity index (χ1) is 8.30. The third kappa shape index (κ3) is 3.24. The number of hydrogen-bond acceptors (Lipinski definition) is 2. The number of nitrogens with two attached hydrogens (primary N) is 1. The van der Waals surface area contributed by atoms with Gasteiger partial charge in [-0.15, -0.1) is 0 Å². The van der Waals surface area contributed by atoms with Crippen LogP contribution in [-0.4, -0.2) is 18.0 Å². The highest BCUT2D eigenvalue weighted by Crippen LogP contribution is 2.19. The van der Waals surface area contributed by atoms with E-state index in [-0.39, 0.29) is 11.8 Å². The van der Waals surface area contributed by atoms with E-state index in [0.29, 0.717) is 17.1 Å². The highest BCUT2D eigenvalue weighted by Gasteiger charge is 2.29. The number of benzene rings is 1. The Hall–Kier alpha value is -1.06. The smallest absolute Gasteiger partial charge is 0.252 e. The monoisotopic (exact) mass is 268 g/mol. The van der Waals surface area contributed by atoms with Gasteiger partial charge in [-0.2, -0.15) is 0 Å². The molecule has 0 aliphatic carbocycles. The Bertz CT molecular complexity index is 445. The molecule has 1 aromatic rings. The van der Waals surface area contributed by atoms with Crippen LogP contribution in [0.5, 0.6) is 0 Å². The molecule has 0 heterocycles. The zero-order valence-electron chi connectivity index (χ0n) is 11.4. The van der Waals surface area contributed by atoms with Crippen molar-refractivity contribution < 1.29 is 4.79 Å². The lowest BCUT2D eigenvalue weighted by Gasteiger charge is -2.33. The molecule has 0 fully saturated rings. The van der Waals surface area contributed by atoms with Gasteiger partial charge in [0, 0.05) is 17.1 Å². The highest BCUT2D eigenvalue weighted by molar-refractivity contribution is 6.30. The minimum atomic E-state index is -0.400. The molecule has 4 heteroatoms. The summed E-state index contributed by atoms with van der Waals surface area (Å²) in [5.41, 5.74) is 6.86. The van der Waals surface area contributed by atoms with E-state index in [2.05, 4.69) is 5.32 Å². The molecular formula is C14H21ClN2O. The number of hydrogen-bond donors (Lipinski definition) is 2. The number of halogens is 1. The van der Waals surface area contributed by atoms with Gasteiger partial charge in [0.15, 0.2) is 0 Å². The molecule has 1 unspecified atom stereocenters. The van der Waals surface area contributed by atoms with Crippen LogP contribution in [0.15, 0.2) is 18.2 Å². The van der Waals surface area contributed by atoms with E-state index in [1.807, 2.05) is 27.7 Å². The van der Waals surface area contributed by atoms with E-state index in [1.165, 1.54) is 0 Å². The van der Waals surface area contributed by atoms with Crippen molar-refractivity contribution in [2.24, 2.45) is 11.7 Å². The fraction of sp³-hybridized carbons (Fsp3) is 0.500. The van der Waals surface area contributed by atoms with E-state index >= 15 is 0 Å². The van der Waals surface area contributed by atoms with Crippen LogP contribution in [0.1, 0.15) is 36.7 Å². The molecule has 3 N–H and O–H groups in total. The molecule has 0 aromatic heterocycles. The van der Waals surface area contributed by atoms with Crippen LogP contribution in [0.25, 0.3) is 0 Å². The average molecular weight is 269 g/mol. The number of nitrogens with one attached hydrogen (secondary N) is 1. The molecule has 0 saturated heterocycles. The van der Waals surface area contributed by atoms with Crippen molar-refractivity contribution >= 4 is 17.5 Å². The van der Waals surface area contributed by atoms with Crippen LogP contribution >= 0.6 is 11.6 Å². The van der Waals surface area contributed by atoms with Gasteiger partial charge in [0.25, 0.3) is 5.91 Å². The molecule has 100 valence electrons. The van der Waals surface area contributed by atoms with Crippen molar-refractivity contribution in [2.45, 2.75) is 33.2 Å². The second-order valence-electron chi connectivity index (χ2n) is 5.19. The fourth-order valence-electron chi connectivity index (χ4n) is 1.64. The summed E-state index contributed by atoms with van der Waals surface area (Å²) >= 11 is 5.88. The molecule has 0 radical (unpaired) electrons. The van der Waals surface area contributed by atoms with Gasteiger partial charge in [0.05, 0.1) is 5.54 Å². The van der Waals surface area contributed by atoms with Crippen LogP contribution in [0.4, 0.5) is 0 Å². The SMILES string of the molecule is Cc1cc(Cl)ccc1C(=O)NC(C)(CN)C(C)C. The first-order valence-electron chi connectivity index (χ1n) is 6.09. The van der Waals surface area contributed by atoms with Gasteiger partial charge in [-0.3, -0.25) is 4.79 Å². The molecule has 1 atom stereocenters. The molecule has 1 aromatic carbocycles. The maximum Gasteiger partial charge on any atom is 0.252 e. The van der Waals surface area contributed by atoms with Crippen LogP contribution < -0.4 is 11.1 Å². The Morgan fingerprint density at radius 2 is 2.11 bits per heavy atom. The van der Waals surface area contributed by atoms with Crippen molar-refractivity contribution in [3.8, 4) is 0 Å². The number of aryl methyl sites for hydroxylation is 1. The van der Waals surface area contributed by atoms with Crippen molar-refractivity contribution in [1.82, 2.24) is 5.32 Å². The topological polar surface area (TPSA) is 55.1 Å². The number of carbonyl (C=O) groups excluding carboxylic acids is 1. The Labute approximate surface area is 114 Å². The molecule has 3 nitrogen and oxygen atoms in total.